The fraction of sp³-hybridized carbons (Fsp3) is 0.625. The van der Waals surface area contributed by atoms with Crippen LogP contribution < -0.4 is 10.5 Å². The van der Waals surface area contributed by atoms with Gasteiger partial charge in [-0.05, 0) is 48.1 Å². The minimum atomic E-state index is -3.24. The molecule has 5 heteroatoms. The van der Waals surface area contributed by atoms with Crippen LogP contribution in [0.1, 0.15) is 36.8 Å². The average molecular weight is 308 g/mol. The summed E-state index contributed by atoms with van der Waals surface area (Å²) < 4.78 is 27.2. The van der Waals surface area contributed by atoms with E-state index in [4.69, 9.17) is 5.73 Å². The van der Waals surface area contributed by atoms with Crippen molar-refractivity contribution < 1.29 is 8.42 Å². The quantitative estimate of drug-likeness (QED) is 0.844. The third kappa shape index (κ3) is 3.65. The van der Waals surface area contributed by atoms with Crippen LogP contribution in [0.2, 0.25) is 0 Å². The van der Waals surface area contributed by atoms with Crippen molar-refractivity contribution in [1.29, 1.82) is 0 Å². The highest BCUT2D eigenvalue weighted by Gasteiger charge is 2.39. The Bertz CT molecular complexity index is 583. The maximum atomic E-state index is 12.2. The largest absolute Gasteiger partial charge is 0.326 e. The summed E-state index contributed by atoms with van der Waals surface area (Å²) in [6, 6.07) is 7.47. The van der Waals surface area contributed by atoms with Crippen LogP contribution in [-0.2, 0) is 22.3 Å². The van der Waals surface area contributed by atoms with E-state index in [9.17, 15) is 8.42 Å². The molecule has 2 bridgehead atoms. The number of nitrogens with two attached hydrogens (primary N) is 1. The summed E-state index contributed by atoms with van der Waals surface area (Å²) >= 11 is 0. The molecule has 2 aliphatic carbocycles. The van der Waals surface area contributed by atoms with Gasteiger partial charge in [0, 0.05) is 13.1 Å². The smallest absolute Gasteiger partial charge is 0.215 e. The summed E-state index contributed by atoms with van der Waals surface area (Å²) in [5, 5.41) is 0. The highest BCUT2D eigenvalue weighted by Crippen LogP contribution is 2.47. The number of hydrogen-bond acceptors (Lipinski definition) is 3. The first kappa shape index (κ1) is 15.0. The normalized spacial score (nSPS) is 28.1. The molecule has 0 aliphatic heterocycles. The molecule has 21 heavy (non-hydrogen) atoms. The zero-order chi connectivity index (χ0) is 14.9. The first-order valence-electron chi connectivity index (χ1n) is 7.81. The molecule has 0 heterocycles. The van der Waals surface area contributed by atoms with Gasteiger partial charge in [0.1, 0.15) is 0 Å². The number of sulfonamides is 1. The molecule has 2 fully saturated rings. The molecule has 0 aromatic heterocycles. The van der Waals surface area contributed by atoms with Gasteiger partial charge in [-0.2, -0.15) is 0 Å². The lowest BCUT2D eigenvalue weighted by Crippen LogP contribution is -2.32. The molecule has 116 valence electrons. The van der Waals surface area contributed by atoms with Gasteiger partial charge in [0.2, 0.25) is 10.0 Å². The Labute approximate surface area is 127 Å². The number of rotatable bonds is 6. The van der Waals surface area contributed by atoms with Crippen molar-refractivity contribution in [1.82, 2.24) is 4.72 Å². The molecule has 3 N–H and O–H groups in total. The van der Waals surface area contributed by atoms with Gasteiger partial charge in [0.25, 0.3) is 0 Å². The lowest BCUT2D eigenvalue weighted by atomic mass is 9.89. The van der Waals surface area contributed by atoms with Crippen LogP contribution in [0.5, 0.6) is 0 Å². The minimum absolute atomic E-state index is 0.0542. The van der Waals surface area contributed by atoms with Gasteiger partial charge in [-0.25, -0.2) is 13.1 Å². The summed E-state index contributed by atoms with van der Waals surface area (Å²) in [6.07, 6.45) is 5.16. The predicted molar refractivity (Wildman–Crippen MR) is 83.9 cm³/mol. The average Bonchev–Trinajstić information content (AvgIpc) is 3.08. The van der Waals surface area contributed by atoms with E-state index in [1.165, 1.54) is 25.7 Å². The van der Waals surface area contributed by atoms with Crippen molar-refractivity contribution >= 4 is 10.0 Å². The fourth-order valence-corrected chi connectivity index (χ4v) is 5.10. The van der Waals surface area contributed by atoms with Crippen LogP contribution >= 0.6 is 0 Å². The minimum Gasteiger partial charge on any atom is -0.326 e. The van der Waals surface area contributed by atoms with Crippen LogP contribution in [-0.4, -0.2) is 15.0 Å². The summed E-state index contributed by atoms with van der Waals surface area (Å²) in [5.41, 5.74) is 7.38. The topological polar surface area (TPSA) is 72.2 Å². The number of nitrogens with one attached hydrogen (secondary N) is 1. The number of benzene rings is 1. The van der Waals surface area contributed by atoms with Crippen molar-refractivity contribution in [3.05, 3.63) is 35.4 Å². The van der Waals surface area contributed by atoms with E-state index in [0.29, 0.717) is 19.0 Å². The Morgan fingerprint density at radius 3 is 2.38 bits per heavy atom. The second-order valence-corrected chi connectivity index (χ2v) is 8.37. The van der Waals surface area contributed by atoms with Gasteiger partial charge in [-0.1, -0.05) is 30.7 Å². The number of fused-ring (bicyclic) bond motifs is 2. The Kier molecular flexibility index (Phi) is 4.33. The third-order valence-electron chi connectivity index (χ3n) is 5.07. The van der Waals surface area contributed by atoms with Crippen LogP contribution in [0, 0.1) is 17.8 Å². The summed E-state index contributed by atoms with van der Waals surface area (Å²) in [4.78, 5) is 0. The Hall–Kier alpha value is -0.910. The first-order valence-corrected chi connectivity index (χ1v) is 9.46. The van der Waals surface area contributed by atoms with Gasteiger partial charge in [0.15, 0.2) is 0 Å². The van der Waals surface area contributed by atoms with Crippen molar-refractivity contribution in [3.63, 3.8) is 0 Å². The van der Waals surface area contributed by atoms with E-state index in [0.717, 1.165) is 23.0 Å². The summed E-state index contributed by atoms with van der Waals surface area (Å²) in [7, 11) is -3.24. The van der Waals surface area contributed by atoms with Crippen LogP contribution in [0.25, 0.3) is 0 Å². The second-order valence-electron chi connectivity index (χ2n) is 6.56. The van der Waals surface area contributed by atoms with Gasteiger partial charge in [0.05, 0.1) is 5.75 Å². The number of hydrogen-bond donors (Lipinski definition) is 2. The molecule has 3 rings (SSSR count). The zero-order valence-corrected chi connectivity index (χ0v) is 13.1. The third-order valence-corrected chi connectivity index (χ3v) is 6.39. The van der Waals surface area contributed by atoms with Gasteiger partial charge in [-0.3, -0.25) is 0 Å². The SMILES string of the molecule is NCc1ccc(CS(=O)(=O)NCC2CC3CCC2C3)cc1. The molecule has 3 atom stereocenters. The van der Waals surface area contributed by atoms with Gasteiger partial charge >= 0.3 is 0 Å². The monoisotopic (exact) mass is 308 g/mol. The molecule has 0 amide bonds. The maximum absolute atomic E-state index is 12.2. The molecule has 2 saturated carbocycles. The molecule has 1 aromatic carbocycles. The van der Waals surface area contributed by atoms with E-state index in [1.807, 2.05) is 24.3 Å². The van der Waals surface area contributed by atoms with Crippen molar-refractivity contribution in [3.8, 4) is 0 Å². The van der Waals surface area contributed by atoms with E-state index in [1.54, 1.807) is 0 Å². The van der Waals surface area contributed by atoms with Crippen molar-refractivity contribution in [2.24, 2.45) is 23.5 Å². The Morgan fingerprint density at radius 2 is 1.81 bits per heavy atom. The van der Waals surface area contributed by atoms with Crippen molar-refractivity contribution in [2.45, 2.75) is 38.0 Å². The molecule has 3 unspecified atom stereocenters. The highest BCUT2D eigenvalue weighted by atomic mass is 32.2. The Morgan fingerprint density at radius 1 is 1.10 bits per heavy atom. The first-order chi connectivity index (χ1) is 10.1. The molecule has 1 aromatic rings. The molecule has 4 nitrogen and oxygen atoms in total. The fourth-order valence-electron chi connectivity index (χ4n) is 3.90. The van der Waals surface area contributed by atoms with E-state index >= 15 is 0 Å². The molecular formula is C16H24N2O2S. The predicted octanol–water partition coefficient (Wildman–Crippen LogP) is 2.00. The molecule has 0 spiro atoms. The van der Waals surface area contributed by atoms with Gasteiger partial charge < -0.3 is 5.73 Å². The van der Waals surface area contributed by atoms with Crippen molar-refractivity contribution in [2.75, 3.05) is 6.54 Å². The van der Waals surface area contributed by atoms with E-state index in [2.05, 4.69) is 4.72 Å². The van der Waals surface area contributed by atoms with Crippen LogP contribution in [0.3, 0.4) is 0 Å². The lowest BCUT2D eigenvalue weighted by Gasteiger charge is -2.21. The molecular weight excluding hydrogens is 284 g/mol. The van der Waals surface area contributed by atoms with Crippen LogP contribution in [0.4, 0.5) is 0 Å². The van der Waals surface area contributed by atoms with E-state index < -0.39 is 10.0 Å². The standard InChI is InChI=1S/C16H24N2O2S/c17-9-12-1-3-13(4-2-12)11-21(19,20)18-10-16-8-14-5-6-15(16)7-14/h1-4,14-16,18H,5-11,17H2. The molecule has 0 radical (unpaired) electrons. The van der Waals surface area contributed by atoms with Crippen LogP contribution in [0.15, 0.2) is 24.3 Å². The Balaban J connectivity index is 1.54. The zero-order valence-electron chi connectivity index (χ0n) is 12.3. The van der Waals surface area contributed by atoms with E-state index in [-0.39, 0.29) is 5.75 Å². The maximum Gasteiger partial charge on any atom is 0.215 e. The molecule has 2 aliphatic rings. The van der Waals surface area contributed by atoms with Gasteiger partial charge in [-0.15, -0.1) is 0 Å². The second kappa shape index (κ2) is 6.07. The summed E-state index contributed by atoms with van der Waals surface area (Å²) in [5.74, 6) is 2.21. The lowest BCUT2D eigenvalue weighted by molar-refractivity contribution is 0.332. The molecule has 0 saturated heterocycles. The highest BCUT2D eigenvalue weighted by molar-refractivity contribution is 7.88. The summed E-state index contributed by atoms with van der Waals surface area (Å²) in [6.45, 7) is 1.10.